The number of H-pyrrole nitrogens is 1. The highest BCUT2D eigenvalue weighted by molar-refractivity contribution is 5.82. The summed E-state index contributed by atoms with van der Waals surface area (Å²) in [6.07, 6.45) is 5.66. The lowest BCUT2D eigenvalue weighted by Gasteiger charge is -2.44. The monoisotopic (exact) mass is 427 g/mol. The maximum Gasteiger partial charge on any atom is 0.225 e. The minimum absolute atomic E-state index is 0.0989. The fourth-order valence-corrected chi connectivity index (χ4v) is 5.26. The molecule has 2 aliphatic rings. The number of aromatic amines is 1. The number of amides is 1. The highest BCUT2D eigenvalue weighted by Gasteiger charge is 2.42. The molecule has 1 aliphatic heterocycles. The van der Waals surface area contributed by atoms with Crippen molar-refractivity contribution in [3.8, 4) is 11.4 Å². The van der Waals surface area contributed by atoms with Crippen molar-refractivity contribution >= 4 is 17.1 Å². The Labute approximate surface area is 184 Å². The van der Waals surface area contributed by atoms with Gasteiger partial charge in [0.05, 0.1) is 23.7 Å². The summed E-state index contributed by atoms with van der Waals surface area (Å²) in [7, 11) is 0. The summed E-state index contributed by atoms with van der Waals surface area (Å²) in [5.41, 5.74) is 3.76. The predicted molar refractivity (Wildman–Crippen MR) is 118 cm³/mol. The highest BCUT2D eigenvalue weighted by atomic mass is 19.1. The second kappa shape index (κ2) is 7.22. The van der Waals surface area contributed by atoms with E-state index in [1.54, 1.807) is 24.4 Å². The first-order valence-electron chi connectivity index (χ1n) is 11.0. The SMILES string of the molecule is O=C1Cc2ccccc2[C@]2(CC[C@@H](c3nc4nc(-c5ccccc5F)ncc4[nH]3)CC2)N1. The molecule has 1 fully saturated rings. The van der Waals surface area contributed by atoms with E-state index in [0.717, 1.165) is 42.6 Å². The molecular formula is C25H22FN5O. The van der Waals surface area contributed by atoms with Gasteiger partial charge in [0.2, 0.25) is 5.91 Å². The normalized spacial score (nSPS) is 22.7. The number of benzene rings is 2. The first-order valence-corrected chi connectivity index (χ1v) is 11.0. The minimum atomic E-state index is -0.352. The Balaban J connectivity index is 1.27. The zero-order valence-electron chi connectivity index (χ0n) is 17.4. The lowest BCUT2D eigenvalue weighted by molar-refractivity contribution is -0.123. The fourth-order valence-electron chi connectivity index (χ4n) is 5.26. The molecular weight excluding hydrogens is 405 g/mol. The molecule has 0 radical (unpaired) electrons. The number of carbonyl (C=O) groups excluding carboxylic acids is 1. The van der Waals surface area contributed by atoms with Gasteiger partial charge in [-0.2, -0.15) is 0 Å². The molecule has 3 heterocycles. The zero-order chi connectivity index (χ0) is 21.7. The number of halogens is 1. The summed E-state index contributed by atoms with van der Waals surface area (Å²) >= 11 is 0. The van der Waals surface area contributed by atoms with Crippen LogP contribution in [0, 0.1) is 5.82 Å². The number of fused-ring (bicyclic) bond motifs is 3. The molecule has 0 saturated heterocycles. The van der Waals surface area contributed by atoms with Gasteiger partial charge in [0.25, 0.3) is 0 Å². The summed E-state index contributed by atoms with van der Waals surface area (Å²) in [6, 6.07) is 14.7. The third kappa shape index (κ3) is 3.07. The number of hydrogen-bond donors (Lipinski definition) is 2. The summed E-state index contributed by atoms with van der Waals surface area (Å²) in [5, 5.41) is 3.29. The molecule has 1 amide bonds. The van der Waals surface area contributed by atoms with Gasteiger partial charge in [-0.1, -0.05) is 36.4 Å². The van der Waals surface area contributed by atoms with Crippen LogP contribution in [0.15, 0.2) is 54.7 Å². The molecule has 2 N–H and O–H groups in total. The number of aromatic nitrogens is 4. The van der Waals surface area contributed by atoms with Crippen LogP contribution in [0.2, 0.25) is 0 Å². The van der Waals surface area contributed by atoms with Crippen LogP contribution in [-0.2, 0) is 16.8 Å². The topological polar surface area (TPSA) is 83.6 Å². The molecule has 160 valence electrons. The van der Waals surface area contributed by atoms with Gasteiger partial charge in [0.1, 0.15) is 17.2 Å². The molecule has 0 unspecified atom stereocenters. The average Bonchev–Trinajstić information content (AvgIpc) is 3.23. The molecule has 0 bridgehead atoms. The van der Waals surface area contributed by atoms with E-state index in [9.17, 15) is 9.18 Å². The summed E-state index contributed by atoms with van der Waals surface area (Å²) in [5.74, 6) is 1.21. The van der Waals surface area contributed by atoms with Crippen LogP contribution in [0.25, 0.3) is 22.6 Å². The minimum Gasteiger partial charge on any atom is -0.346 e. The van der Waals surface area contributed by atoms with Crippen molar-refractivity contribution < 1.29 is 9.18 Å². The molecule has 32 heavy (non-hydrogen) atoms. The summed E-state index contributed by atoms with van der Waals surface area (Å²) in [4.78, 5) is 29.3. The van der Waals surface area contributed by atoms with Gasteiger partial charge >= 0.3 is 0 Å². The van der Waals surface area contributed by atoms with E-state index in [0.29, 0.717) is 23.5 Å². The van der Waals surface area contributed by atoms with Crippen LogP contribution < -0.4 is 5.32 Å². The number of rotatable bonds is 2. The van der Waals surface area contributed by atoms with Crippen LogP contribution in [-0.4, -0.2) is 25.8 Å². The quantitative estimate of drug-likeness (QED) is 0.497. The standard InChI is InChI=1S/C25H22FN5O/c26-19-8-4-2-6-17(19)23-27-14-20-24(30-23)29-22(28-20)15-9-11-25(12-10-15)18-7-3-1-5-16(18)13-21(32)31-25/h1-8,14-15H,9-13H2,(H,31,32)(H,27,28,29,30)/t15-,25-. The van der Waals surface area contributed by atoms with Crippen LogP contribution in [0.5, 0.6) is 0 Å². The Morgan fingerprint density at radius 1 is 1.00 bits per heavy atom. The van der Waals surface area contributed by atoms with E-state index in [2.05, 4.69) is 38.5 Å². The molecule has 4 aromatic rings. The Morgan fingerprint density at radius 3 is 2.62 bits per heavy atom. The van der Waals surface area contributed by atoms with E-state index in [-0.39, 0.29) is 23.2 Å². The molecule has 2 aromatic heterocycles. The van der Waals surface area contributed by atoms with Gasteiger partial charge in [-0.25, -0.2) is 19.3 Å². The third-order valence-corrected chi connectivity index (χ3v) is 6.86. The van der Waals surface area contributed by atoms with Gasteiger partial charge in [0, 0.05) is 5.92 Å². The van der Waals surface area contributed by atoms with Crippen molar-refractivity contribution in [2.24, 2.45) is 0 Å². The van der Waals surface area contributed by atoms with Crippen LogP contribution >= 0.6 is 0 Å². The number of carbonyl (C=O) groups is 1. The first kappa shape index (κ1) is 19.1. The number of hydrogen-bond acceptors (Lipinski definition) is 4. The second-order valence-corrected chi connectivity index (χ2v) is 8.77. The molecule has 2 aromatic carbocycles. The maximum absolute atomic E-state index is 14.1. The largest absolute Gasteiger partial charge is 0.346 e. The van der Waals surface area contributed by atoms with E-state index < -0.39 is 0 Å². The highest BCUT2D eigenvalue weighted by Crippen LogP contribution is 2.45. The molecule has 1 aliphatic carbocycles. The number of imidazole rings is 1. The predicted octanol–water partition coefficient (Wildman–Crippen LogP) is 4.38. The van der Waals surface area contributed by atoms with E-state index in [1.165, 1.54) is 11.6 Å². The average molecular weight is 427 g/mol. The molecule has 6 rings (SSSR count). The Hall–Kier alpha value is -3.61. The van der Waals surface area contributed by atoms with Crippen LogP contribution in [0.3, 0.4) is 0 Å². The van der Waals surface area contributed by atoms with Gasteiger partial charge in [-0.3, -0.25) is 4.79 Å². The van der Waals surface area contributed by atoms with Gasteiger partial charge in [-0.15, -0.1) is 0 Å². The van der Waals surface area contributed by atoms with E-state index >= 15 is 0 Å². The zero-order valence-corrected chi connectivity index (χ0v) is 17.4. The van der Waals surface area contributed by atoms with Gasteiger partial charge in [0.15, 0.2) is 11.5 Å². The summed E-state index contributed by atoms with van der Waals surface area (Å²) < 4.78 is 14.1. The first-order chi connectivity index (χ1) is 15.6. The van der Waals surface area contributed by atoms with E-state index in [4.69, 9.17) is 4.98 Å². The number of nitrogens with zero attached hydrogens (tertiary/aromatic N) is 3. The van der Waals surface area contributed by atoms with Crippen molar-refractivity contribution in [1.82, 2.24) is 25.3 Å². The molecule has 6 nitrogen and oxygen atoms in total. The van der Waals surface area contributed by atoms with Crippen molar-refractivity contribution in [3.05, 3.63) is 77.5 Å². The molecule has 0 atom stereocenters. The molecule has 1 spiro atoms. The van der Waals surface area contributed by atoms with E-state index in [1.807, 2.05) is 6.07 Å². The summed E-state index contributed by atoms with van der Waals surface area (Å²) in [6.45, 7) is 0. The van der Waals surface area contributed by atoms with Crippen LogP contribution in [0.1, 0.15) is 48.6 Å². The molecule has 1 saturated carbocycles. The second-order valence-electron chi connectivity index (χ2n) is 8.77. The lowest BCUT2D eigenvalue weighted by Crippen LogP contribution is -2.52. The van der Waals surface area contributed by atoms with Gasteiger partial charge in [-0.05, 0) is 48.9 Å². The van der Waals surface area contributed by atoms with Crippen LogP contribution in [0.4, 0.5) is 4.39 Å². The fraction of sp³-hybridized carbons (Fsp3) is 0.280. The maximum atomic E-state index is 14.1. The lowest BCUT2D eigenvalue weighted by atomic mass is 9.69. The van der Waals surface area contributed by atoms with Crippen molar-refractivity contribution in [2.75, 3.05) is 0 Å². The Bertz CT molecular complexity index is 1340. The smallest absolute Gasteiger partial charge is 0.225 e. The van der Waals surface area contributed by atoms with Crippen molar-refractivity contribution in [1.29, 1.82) is 0 Å². The third-order valence-electron chi connectivity index (χ3n) is 6.86. The molecule has 7 heteroatoms. The number of nitrogens with one attached hydrogen (secondary N) is 2. The van der Waals surface area contributed by atoms with Crippen molar-refractivity contribution in [3.63, 3.8) is 0 Å². The Morgan fingerprint density at radius 2 is 1.78 bits per heavy atom. The van der Waals surface area contributed by atoms with Gasteiger partial charge < -0.3 is 10.3 Å². The Kier molecular flexibility index (Phi) is 4.31. The van der Waals surface area contributed by atoms with Crippen molar-refractivity contribution in [2.45, 2.75) is 43.6 Å².